The van der Waals surface area contributed by atoms with Gasteiger partial charge in [-0.15, -0.1) is 0 Å². The van der Waals surface area contributed by atoms with E-state index in [1.807, 2.05) is 26.0 Å². The Morgan fingerprint density at radius 1 is 1.28 bits per heavy atom. The predicted octanol–water partition coefficient (Wildman–Crippen LogP) is 2.39. The number of furan rings is 1. The average molecular weight is 434 g/mol. The maximum atomic E-state index is 14.4. The molecule has 2 saturated heterocycles. The van der Waals surface area contributed by atoms with E-state index >= 15 is 0 Å². The van der Waals surface area contributed by atoms with Crippen molar-refractivity contribution in [2.24, 2.45) is 4.99 Å². The van der Waals surface area contributed by atoms with Crippen LogP contribution < -0.4 is 25.3 Å². The summed E-state index contributed by atoms with van der Waals surface area (Å²) in [6, 6.07) is 8.03. The van der Waals surface area contributed by atoms with Crippen LogP contribution in [0.15, 0.2) is 39.9 Å². The first-order chi connectivity index (χ1) is 15.4. The van der Waals surface area contributed by atoms with E-state index in [0.717, 1.165) is 29.9 Å². The standard InChI is InChI=1S/C24H24FN5O2/c1-13-9-30-12-17(8-20(25)23(30)26-13)28-24(31)18-5-6-21(19-7-14(2)32-22(18)19)29-10-15-3-4-16(11-29)27-15/h5-9,12-13,15-16,27H,3-4,10-11H2,1-2H3/p+1/t13?,15-,16+. The first kappa shape index (κ1) is 19.4. The normalized spacial score (nSPS) is 23.7. The van der Waals surface area contributed by atoms with E-state index in [0.29, 0.717) is 28.9 Å². The summed E-state index contributed by atoms with van der Waals surface area (Å²) in [6.07, 6.45) is 5.89. The number of benzene rings is 1. The van der Waals surface area contributed by atoms with Gasteiger partial charge in [0.05, 0.1) is 11.3 Å². The highest BCUT2D eigenvalue weighted by atomic mass is 19.1. The minimum absolute atomic E-state index is 0.103. The Kier molecular flexibility index (Phi) is 4.33. The Morgan fingerprint density at radius 2 is 2.06 bits per heavy atom. The molecule has 3 aromatic rings. The van der Waals surface area contributed by atoms with Gasteiger partial charge in [-0.1, -0.05) is 4.99 Å². The summed E-state index contributed by atoms with van der Waals surface area (Å²) in [5, 5.41) is 7.41. The van der Waals surface area contributed by atoms with Crippen LogP contribution in [0.4, 0.5) is 15.8 Å². The number of piperazine rings is 1. The number of hydrogen-bond acceptors (Lipinski definition) is 5. The lowest BCUT2D eigenvalue weighted by Crippen LogP contribution is -2.51. The van der Waals surface area contributed by atoms with Gasteiger partial charge in [0.1, 0.15) is 23.8 Å². The van der Waals surface area contributed by atoms with E-state index in [1.54, 1.807) is 22.7 Å². The van der Waals surface area contributed by atoms with E-state index in [-0.39, 0.29) is 17.4 Å². The molecule has 6 rings (SSSR count). The zero-order valence-electron chi connectivity index (χ0n) is 18.1. The Hall–Kier alpha value is -3.26. The van der Waals surface area contributed by atoms with Crippen LogP contribution in [0.1, 0.15) is 35.9 Å². The van der Waals surface area contributed by atoms with Crippen LogP contribution in [0.25, 0.3) is 11.0 Å². The number of anilines is 2. The summed E-state index contributed by atoms with van der Waals surface area (Å²) >= 11 is 0. The van der Waals surface area contributed by atoms with Gasteiger partial charge >= 0.3 is 5.49 Å². The number of nitrogens with zero attached hydrogens (tertiary/aromatic N) is 3. The molecule has 1 unspecified atom stereocenters. The third kappa shape index (κ3) is 3.17. The number of nitrogens with one attached hydrogen (secondary N) is 2. The molecule has 1 aromatic carbocycles. The van der Waals surface area contributed by atoms with Gasteiger partial charge in [-0.05, 0) is 44.9 Å². The minimum Gasteiger partial charge on any atom is -0.460 e. The van der Waals surface area contributed by atoms with E-state index in [9.17, 15) is 9.18 Å². The number of halogens is 1. The first-order valence-electron chi connectivity index (χ1n) is 11.1. The van der Waals surface area contributed by atoms with Gasteiger partial charge in [-0.2, -0.15) is 8.63 Å². The quantitative estimate of drug-likeness (QED) is 0.621. The summed E-state index contributed by atoms with van der Waals surface area (Å²) in [5.41, 5.74) is 2.73. The molecule has 2 bridgehead atoms. The second-order valence-electron chi connectivity index (χ2n) is 9.06. The van der Waals surface area contributed by atoms with Gasteiger partial charge in [0.15, 0.2) is 6.04 Å². The number of pyridine rings is 1. The van der Waals surface area contributed by atoms with Crippen LogP contribution in [0.5, 0.6) is 0 Å². The number of aryl methyl sites for hydroxylation is 1. The number of carbonyl (C=O) groups is 1. The van der Waals surface area contributed by atoms with Crippen molar-refractivity contribution >= 4 is 28.3 Å². The lowest BCUT2D eigenvalue weighted by molar-refractivity contribution is -0.524. The molecular weight excluding hydrogens is 409 g/mol. The molecule has 0 radical (unpaired) electrons. The Balaban J connectivity index is 1.35. The second kappa shape index (κ2) is 7.13. The largest absolute Gasteiger partial charge is 0.460 e. The molecule has 1 amide bonds. The molecule has 5 heterocycles. The second-order valence-corrected chi connectivity index (χ2v) is 9.06. The molecule has 164 valence electrons. The average Bonchev–Trinajstić information content (AvgIpc) is 3.42. The molecule has 2 N–H and O–H groups in total. The van der Waals surface area contributed by atoms with Crippen molar-refractivity contribution in [1.82, 2.24) is 5.32 Å². The summed E-state index contributed by atoms with van der Waals surface area (Å²) in [7, 11) is 0. The van der Waals surface area contributed by atoms with Crippen LogP contribution in [-0.4, -0.2) is 37.1 Å². The number of hydrogen-bond donors (Lipinski definition) is 2. The SMILES string of the molecule is Cc1cc2c(N3C[C@H]4CC[C@@H](C3)N4)ccc(C(=O)Nc3cc(F)c4[n+](c3)=CC(C)N=4)c2o1. The molecule has 3 aliphatic heterocycles. The van der Waals surface area contributed by atoms with Crippen LogP contribution in [-0.2, 0) is 0 Å². The Labute approximate surface area is 184 Å². The molecule has 0 spiro atoms. The van der Waals surface area contributed by atoms with Gasteiger partial charge in [0, 0.05) is 42.3 Å². The van der Waals surface area contributed by atoms with Gasteiger partial charge in [-0.25, -0.2) is 0 Å². The summed E-state index contributed by atoms with van der Waals surface area (Å²) < 4.78 is 22.0. The molecule has 2 fully saturated rings. The van der Waals surface area contributed by atoms with Crippen molar-refractivity contribution in [3.63, 3.8) is 0 Å². The zero-order valence-corrected chi connectivity index (χ0v) is 18.1. The monoisotopic (exact) mass is 434 g/mol. The van der Waals surface area contributed by atoms with Crippen molar-refractivity contribution in [2.75, 3.05) is 23.3 Å². The number of carbonyl (C=O) groups excluding carboxylic acids is 1. The van der Waals surface area contributed by atoms with E-state index in [1.165, 1.54) is 18.9 Å². The Bertz CT molecular complexity index is 1370. The minimum atomic E-state index is -0.467. The molecule has 3 aliphatic rings. The van der Waals surface area contributed by atoms with Crippen molar-refractivity contribution in [1.29, 1.82) is 0 Å². The third-order valence-electron chi connectivity index (χ3n) is 6.56. The lowest BCUT2D eigenvalue weighted by Gasteiger charge is -2.35. The van der Waals surface area contributed by atoms with Gasteiger partial charge in [0.25, 0.3) is 5.91 Å². The fourth-order valence-electron chi connectivity index (χ4n) is 5.22. The molecule has 8 heteroatoms. The Morgan fingerprint density at radius 3 is 2.84 bits per heavy atom. The molecular formula is C24H25FN5O2+. The van der Waals surface area contributed by atoms with Gasteiger partial charge in [0.2, 0.25) is 5.82 Å². The number of fused-ring (bicyclic) bond motifs is 4. The van der Waals surface area contributed by atoms with Crippen LogP contribution in [0.2, 0.25) is 0 Å². The summed E-state index contributed by atoms with van der Waals surface area (Å²) in [5.74, 6) is -0.0470. The smallest absolute Gasteiger partial charge is 0.359 e. The molecule has 32 heavy (non-hydrogen) atoms. The van der Waals surface area contributed by atoms with Gasteiger partial charge < -0.3 is 20.0 Å². The number of rotatable bonds is 3. The van der Waals surface area contributed by atoms with E-state index < -0.39 is 5.82 Å². The van der Waals surface area contributed by atoms with Crippen LogP contribution in [0, 0.1) is 19.0 Å². The summed E-state index contributed by atoms with van der Waals surface area (Å²) in [6.45, 7) is 5.67. The highest BCUT2D eigenvalue weighted by Crippen LogP contribution is 2.35. The topological polar surface area (TPSA) is 75.8 Å². The maximum absolute atomic E-state index is 14.4. The highest BCUT2D eigenvalue weighted by molar-refractivity contribution is 6.13. The first-order valence-corrected chi connectivity index (χ1v) is 11.1. The fourth-order valence-corrected chi connectivity index (χ4v) is 5.22. The fraction of sp³-hybridized carbons (Fsp3) is 0.375. The molecule has 3 atom stereocenters. The maximum Gasteiger partial charge on any atom is 0.359 e. The number of amides is 1. The zero-order chi connectivity index (χ0) is 22.0. The van der Waals surface area contributed by atoms with Crippen LogP contribution in [0.3, 0.4) is 0 Å². The highest BCUT2D eigenvalue weighted by Gasteiger charge is 2.33. The van der Waals surface area contributed by atoms with Crippen molar-refractivity contribution in [3.8, 4) is 0 Å². The lowest BCUT2D eigenvalue weighted by atomic mass is 10.1. The predicted molar refractivity (Wildman–Crippen MR) is 118 cm³/mol. The molecule has 0 aliphatic carbocycles. The number of aromatic nitrogens is 1. The summed E-state index contributed by atoms with van der Waals surface area (Å²) in [4.78, 5) is 19.8. The van der Waals surface area contributed by atoms with Crippen molar-refractivity contribution in [3.05, 3.63) is 59.3 Å². The van der Waals surface area contributed by atoms with Gasteiger partial charge in [-0.3, -0.25) is 4.79 Å². The van der Waals surface area contributed by atoms with E-state index in [2.05, 4.69) is 20.5 Å². The van der Waals surface area contributed by atoms with E-state index in [4.69, 9.17) is 4.42 Å². The molecule has 2 aromatic heterocycles. The third-order valence-corrected chi connectivity index (χ3v) is 6.56. The molecule has 0 saturated carbocycles. The van der Waals surface area contributed by atoms with Crippen molar-refractivity contribution in [2.45, 2.75) is 44.8 Å². The van der Waals surface area contributed by atoms with Crippen LogP contribution >= 0.6 is 0 Å². The molecule has 7 nitrogen and oxygen atoms in total. The van der Waals surface area contributed by atoms with Crippen molar-refractivity contribution < 1.29 is 17.8 Å².